The lowest BCUT2D eigenvalue weighted by Gasteiger charge is -2.36. The number of amides is 2. The summed E-state index contributed by atoms with van der Waals surface area (Å²) in [6, 6.07) is 3.75. The predicted octanol–water partition coefficient (Wildman–Crippen LogP) is 0.697. The van der Waals surface area contributed by atoms with Crippen LogP contribution >= 0.6 is 11.6 Å². The second-order valence-corrected chi connectivity index (χ2v) is 5.59. The van der Waals surface area contributed by atoms with E-state index in [0.29, 0.717) is 13.0 Å². The Morgan fingerprint density at radius 2 is 2.23 bits per heavy atom. The van der Waals surface area contributed by atoms with Gasteiger partial charge in [-0.1, -0.05) is 11.6 Å². The Bertz CT molecular complexity index is 598. The summed E-state index contributed by atoms with van der Waals surface area (Å²) < 4.78 is 18.3. The van der Waals surface area contributed by atoms with E-state index in [9.17, 15) is 19.1 Å². The number of carbonyl (C=O) groups excluding carboxylic acids is 2. The Kier molecular flexibility index (Phi) is 4.87. The molecule has 0 bridgehead atoms. The van der Waals surface area contributed by atoms with Crippen LogP contribution in [0.4, 0.5) is 4.39 Å². The number of ether oxygens (including phenoxy) is 1. The van der Waals surface area contributed by atoms with Crippen LogP contribution in [0.1, 0.15) is 12.8 Å². The van der Waals surface area contributed by atoms with E-state index in [0.717, 1.165) is 6.07 Å². The van der Waals surface area contributed by atoms with Gasteiger partial charge in [-0.15, -0.1) is 0 Å². The highest BCUT2D eigenvalue weighted by atomic mass is 35.5. The average molecular weight is 331 g/mol. The number of rotatable bonds is 4. The SMILES string of the molecule is NC(=O)C1(O)CCCN(C(=O)COc2ccc(F)c(Cl)c2)C1. The standard InChI is InChI=1S/C14H16ClFN2O4/c15-10-6-9(2-3-11(10)16)22-7-12(19)18-5-1-4-14(21,8-18)13(17)20/h2-3,6,21H,1,4-5,7-8H2,(H2,17,20). The molecule has 1 atom stereocenters. The number of aliphatic hydroxyl groups is 1. The van der Waals surface area contributed by atoms with Gasteiger partial charge in [0.15, 0.2) is 12.2 Å². The largest absolute Gasteiger partial charge is 0.484 e. The molecule has 1 aromatic rings. The molecule has 1 fully saturated rings. The Balaban J connectivity index is 1.94. The molecule has 0 aromatic heterocycles. The van der Waals surface area contributed by atoms with Crippen LogP contribution in [0.5, 0.6) is 5.75 Å². The van der Waals surface area contributed by atoms with Gasteiger partial charge >= 0.3 is 0 Å². The lowest BCUT2D eigenvalue weighted by atomic mass is 9.92. The molecule has 8 heteroatoms. The Labute approximate surface area is 131 Å². The zero-order valence-corrected chi connectivity index (χ0v) is 12.5. The molecule has 1 saturated heterocycles. The van der Waals surface area contributed by atoms with E-state index in [-0.39, 0.29) is 30.3 Å². The number of primary amides is 1. The van der Waals surface area contributed by atoms with Gasteiger partial charge in [-0.3, -0.25) is 9.59 Å². The monoisotopic (exact) mass is 330 g/mol. The van der Waals surface area contributed by atoms with Crippen molar-refractivity contribution in [2.24, 2.45) is 5.73 Å². The minimum atomic E-state index is -1.70. The second kappa shape index (κ2) is 6.50. The van der Waals surface area contributed by atoms with Gasteiger partial charge in [0.25, 0.3) is 11.8 Å². The van der Waals surface area contributed by atoms with Crippen molar-refractivity contribution in [2.45, 2.75) is 18.4 Å². The fourth-order valence-electron chi connectivity index (χ4n) is 2.25. The first-order valence-electron chi connectivity index (χ1n) is 6.70. The topological polar surface area (TPSA) is 92.9 Å². The molecule has 6 nitrogen and oxygen atoms in total. The highest BCUT2D eigenvalue weighted by Gasteiger charge is 2.40. The number of benzene rings is 1. The van der Waals surface area contributed by atoms with E-state index in [1.807, 2.05) is 0 Å². The van der Waals surface area contributed by atoms with Crippen molar-refractivity contribution in [3.05, 3.63) is 29.0 Å². The summed E-state index contributed by atoms with van der Waals surface area (Å²) in [6.07, 6.45) is 0.689. The van der Waals surface area contributed by atoms with Crippen molar-refractivity contribution in [1.29, 1.82) is 0 Å². The molecular formula is C14H16ClFN2O4. The smallest absolute Gasteiger partial charge is 0.260 e. The summed E-state index contributed by atoms with van der Waals surface area (Å²) in [7, 11) is 0. The number of carbonyl (C=O) groups is 2. The third-order valence-electron chi connectivity index (χ3n) is 3.54. The van der Waals surface area contributed by atoms with Crippen molar-refractivity contribution < 1.29 is 23.8 Å². The number of nitrogens with two attached hydrogens (primary N) is 1. The van der Waals surface area contributed by atoms with Gasteiger partial charge in [0.1, 0.15) is 11.6 Å². The summed E-state index contributed by atoms with van der Waals surface area (Å²) in [4.78, 5) is 24.6. The number of hydrogen-bond donors (Lipinski definition) is 2. The molecule has 1 heterocycles. The molecule has 2 amide bonds. The molecule has 0 aliphatic carbocycles. The van der Waals surface area contributed by atoms with E-state index in [1.54, 1.807) is 0 Å². The van der Waals surface area contributed by atoms with Gasteiger partial charge in [0.05, 0.1) is 11.6 Å². The molecule has 1 aromatic carbocycles. The summed E-state index contributed by atoms with van der Waals surface area (Å²) in [5.41, 5.74) is 3.45. The lowest BCUT2D eigenvalue weighted by Crippen LogP contribution is -2.57. The maximum atomic E-state index is 13.0. The molecule has 22 heavy (non-hydrogen) atoms. The van der Waals surface area contributed by atoms with E-state index >= 15 is 0 Å². The zero-order chi connectivity index (χ0) is 16.3. The zero-order valence-electron chi connectivity index (χ0n) is 11.7. The Morgan fingerprint density at radius 3 is 2.86 bits per heavy atom. The summed E-state index contributed by atoms with van der Waals surface area (Å²) in [6.45, 7) is -0.0620. The number of halogens is 2. The number of β-amino-alcohol motifs (C(OH)–C–C–N with tert-alkyl or cyclic N) is 1. The van der Waals surface area contributed by atoms with E-state index in [2.05, 4.69) is 0 Å². The van der Waals surface area contributed by atoms with Crippen LogP contribution in [0.3, 0.4) is 0 Å². The maximum Gasteiger partial charge on any atom is 0.260 e. The van der Waals surface area contributed by atoms with Gasteiger partial charge < -0.3 is 20.5 Å². The molecule has 0 spiro atoms. The van der Waals surface area contributed by atoms with Crippen molar-refractivity contribution in [1.82, 2.24) is 4.90 Å². The average Bonchev–Trinajstić information content (AvgIpc) is 2.48. The van der Waals surface area contributed by atoms with Crippen molar-refractivity contribution in [3.63, 3.8) is 0 Å². The van der Waals surface area contributed by atoms with Crippen LogP contribution in [-0.2, 0) is 9.59 Å². The minimum absolute atomic E-state index is 0.106. The Hall–Kier alpha value is -1.86. The summed E-state index contributed by atoms with van der Waals surface area (Å²) >= 11 is 5.62. The van der Waals surface area contributed by atoms with E-state index < -0.39 is 23.2 Å². The fourth-order valence-corrected chi connectivity index (χ4v) is 2.42. The first-order chi connectivity index (χ1) is 10.3. The molecule has 3 N–H and O–H groups in total. The van der Waals surface area contributed by atoms with Crippen LogP contribution in [0.2, 0.25) is 5.02 Å². The van der Waals surface area contributed by atoms with Gasteiger partial charge in [-0.2, -0.15) is 0 Å². The molecular weight excluding hydrogens is 315 g/mol. The highest BCUT2D eigenvalue weighted by molar-refractivity contribution is 6.30. The molecule has 120 valence electrons. The molecule has 1 unspecified atom stereocenters. The highest BCUT2D eigenvalue weighted by Crippen LogP contribution is 2.23. The van der Waals surface area contributed by atoms with Crippen LogP contribution < -0.4 is 10.5 Å². The second-order valence-electron chi connectivity index (χ2n) is 5.18. The van der Waals surface area contributed by atoms with Crippen LogP contribution in [0.25, 0.3) is 0 Å². The molecule has 1 aliphatic rings. The third kappa shape index (κ3) is 3.66. The summed E-state index contributed by atoms with van der Waals surface area (Å²) in [5, 5.41) is 9.95. The van der Waals surface area contributed by atoms with Crippen LogP contribution in [-0.4, -0.2) is 47.1 Å². The van der Waals surface area contributed by atoms with Crippen LogP contribution in [0.15, 0.2) is 18.2 Å². The number of nitrogens with zero attached hydrogens (tertiary/aromatic N) is 1. The van der Waals surface area contributed by atoms with Gasteiger partial charge in [-0.25, -0.2) is 4.39 Å². The van der Waals surface area contributed by atoms with Crippen molar-refractivity contribution >= 4 is 23.4 Å². The third-order valence-corrected chi connectivity index (χ3v) is 3.83. The Morgan fingerprint density at radius 1 is 1.50 bits per heavy atom. The molecule has 1 aliphatic heterocycles. The molecule has 0 radical (unpaired) electrons. The first kappa shape index (κ1) is 16.5. The number of piperidine rings is 1. The van der Waals surface area contributed by atoms with Gasteiger partial charge in [0, 0.05) is 12.6 Å². The van der Waals surface area contributed by atoms with E-state index in [4.69, 9.17) is 22.1 Å². The number of likely N-dealkylation sites (tertiary alicyclic amines) is 1. The van der Waals surface area contributed by atoms with Crippen molar-refractivity contribution in [3.8, 4) is 5.75 Å². The molecule has 2 rings (SSSR count). The number of hydrogen-bond acceptors (Lipinski definition) is 4. The van der Waals surface area contributed by atoms with E-state index in [1.165, 1.54) is 17.0 Å². The molecule has 0 saturated carbocycles. The first-order valence-corrected chi connectivity index (χ1v) is 7.07. The van der Waals surface area contributed by atoms with Gasteiger partial charge in [-0.05, 0) is 25.0 Å². The fraction of sp³-hybridized carbons (Fsp3) is 0.429. The summed E-state index contributed by atoms with van der Waals surface area (Å²) in [5.74, 6) is -1.58. The quantitative estimate of drug-likeness (QED) is 0.849. The van der Waals surface area contributed by atoms with Crippen LogP contribution in [0, 0.1) is 5.82 Å². The normalized spacial score (nSPS) is 21.5. The van der Waals surface area contributed by atoms with Crippen molar-refractivity contribution in [2.75, 3.05) is 19.7 Å². The minimum Gasteiger partial charge on any atom is -0.484 e. The lowest BCUT2D eigenvalue weighted by molar-refractivity contribution is -0.150. The van der Waals surface area contributed by atoms with Gasteiger partial charge in [0.2, 0.25) is 0 Å². The predicted molar refractivity (Wildman–Crippen MR) is 76.9 cm³/mol. The maximum absolute atomic E-state index is 13.0.